The summed E-state index contributed by atoms with van der Waals surface area (Å²) in [6, 6.07) is 0. The van der Waals surface area contributed by atoms with E-state index in [0.717, 1.165) is 45.8 Å². The summed E-state index contributed by atoms with van der Waals surface area (Å²) in [6.07, 6.45) is 2.15. The summed E-state index contributed by atoms with van der Waals surface area (Å²) in [5.41, 5.74) is 0. The molecule has 0 aromatic rings. The summed E-state index contributed by atoms with van der Waals surface area (Å²) in [5.74, 6) is 0. The second-order valence-electron chi connectivity index (χ2n) is 3.90. The van der Waals surface area contributed by atoms with Gasteiger partial charge in [0, 0.05) is 59.7 Å². The molecule has 1 rings (SSSR count). The largest absolute Gasteiger partial charge is 0.385 e. The first-order valence-electron chi connectivity index (χ1n) is 5.93. The van der Waals surface area contributed by atoms with Crippen LogP contribution in [0.1, 0.15) is 12.8 Å². The van der Waals surface area contributed by atoms with Crippen molar-refractivity contribution in [1.82, 2.24) is 10.2 Å². The van der Waals surface area contributed by atoms with E-state index in [2.05, 4.69) is 10.2 Å². The van der Waals surface area contributed by atoms with Crippen molar-refractivity contribution in [2.24, 2.45) is 0 Å². The Bertz CT molecular complexity index is 139. The molecule has 0 spiro atoms. The third-order valence-corrected chi connectivity index (χ3v) is 2.61. The van der Waals surface area contributed by atoms with Gasteiger partial charge in [-0.1, -0.05) is 0 Å². The number of nitrogens with zero attached hydrogens (tertiary/aromatic N) is 1. The molecule has 1 aliphatic heterocycles. The molecular weight excluding hydrogens is 192 g/mol. The highest BCUT2D eigenvalue weighted by Gasteiger charge is 2.07. The minimum Gasteiger partial charge on any atom is -0.385 e. The normalized spacial score (nSPS) is 18.2. The molecule has 1 fully saturated rings. The SMILES string of the molecule is COCCCOCCCN1CCNCC1. The topological polar surface area (TPSA) is 33.7 Å². The van der Waals surface area contributed by atoms with E-state index in [9.17, 15) is 0 Å². The second kappa shape index (κ2) is 9.09. The highest BCUT2D eigenvalue weighted by molar-refractivity contribution is 4.66. The minimum absolute atomic E-state index is 0.803. The molecule has 1 saturated heterocycles. The van der Waals surface area contributed by atoms with Crippen LogP contribution in [0, 0.1) is 0 Å². The van der Waals surface area contributed by atoms with E-state index < -0.39 is 0 Å². The maximum Gasteiger partial charge on any atom is 0.0487 e. The van der Waals surface area contributed by atoms with Gasteiger partial charge in [0.05, 0.1) is 0 Å². The molecule has 1 aliphatic rings. The predicted molar refractivity (Wildman–Crippen MR) is 61.2 cm³/mol. The number of rotatable bonds is 8. The molecule has 1 N–H and O–H groups in total. The van der Waals surface area contributed by atoms with Crippen LogP contribution in [0.2, 0.25) is 0 Å². The lowest BCUT2D eigenvalue weighted by Crippen LogP contribution is -2.43. The smallest absolute Gasteiger partial charge is 0.0487 e. The average Bonchev–Trinajstić information content (AvgIpc) is 2.29. The van der Waals surface area contributed by atoms with Crippen LogP contribution in [-0.4, -0.2) is 64.6 Å². The summed E-state index contributed by atoms with van der Waals surface area (Å²) >= 11 is 0. The van der Waals surface area contributed by atoms with Crippen LogP contribution in [0.4, 0.5) is 0 Å². The van der Waals surface area contributed by atoms with Crippen LogP contribution in [0.15, 0.2) is 0 Å². The molecule has 0 atom stereocenters. The predicted octanol–water partition coefficient (Wildman–Crippen LogP) is 0.335. The first kappa shape index (κ1) is 12.9. The van der Waals surface area contributed by atoms with Gasteiger partial charge in [0.15, 0.2) is 0 Å². The fraction of sp³-hybridized carbons (Fsp3) is 1.00. The quantitative estimate of drug-likeness (QED) is 0.593. The number of ether oxygens (including phenoxy) is 2. The Morgan fingerprint density at radius 1 is 1.07 bits per heavy atom. The van der Waals surface area contributed by atoms with Crippen LogP contribution in [0.3, 0.4) is 0 Å². The zero-order valence-electron chi connectivity index (χ0n) is 9.83. The van der Waals surface area contributed by atoms with E-state index >= 15 is 0 Å². The third kappa shape index (κ3) is 6.84. The number of piperazine rings is 1. The van der Waals surface area contributed by atoms with E-state index in [4.69, 9.17) is 9.47 Å². The van der Waals surface area contributed by atoms with Gasteiger partial charge in [0.1, 0.15) is 0 Å². The Hall–Kier alpha value is -0.160. The van der Waals surface area contributed by atoms with Gasteiger partial charge in [-0.3, -0.25) is 0 Å². The molecule has 15 heavy (non-hydrogen) atoms. The van der Waals surface area contributed by atoms with Crippen molar-refractivity contribution in [3.63, 3.8) is 0 Å². The van der Waals surface area contributed by atoms with Crippen molar-refractivity contribution >= 4 is 0 Å². The van der Waals surface area contributed by atoms with E-state index in [1.54, 1.807) is 7.11 Å². The minimum atomic E-state index is 0.803. The molecule has 0 radical (unpaired) electrons. The van der Waals surface area contributed by atoms with Gasteiger partial charge in [-0.2, -0.15) is 0 Å². The van der Waals surface area contributed by atoms with Crippen molar-refractivity contribution in [1.29, 1.82) is 0 Å². The Balaban J connectivity index is 1.79. The molecule has 0 amide bonds. The Morgan fingerprint density at radius 3 is 2.53 bits per heavy atom. The summed E-state index contributed by atoms with van der Waals surface area (Å²) in [7, 11) is 1.73. The highest BCUT2D eigenvalue weighted by Crippen LogP contribution is 1.95. The van der Waals surface area contributed by atoms with Crippen molar-refractivity contribution in [3.8, 4) is 0 Å². The monoisotopic (exact) mass is 216 g/mol. The summed E-state index contributed by atoms with van der Waals surface area (Å²) in [4.78, 5) is 2.50. The number of methoxy groups -OCH3 is 1. The molecule has 1 heterocycles. The fourth-order valence-corrected chi connectivity index (χ4v) is 1.73. The zero-order valence-corrected chi connectivity index (χ0v) is 9.83. The van der Waals surface area contributed by atoms with E-state index in [0.29, 0.717) is 0 Å². The number of nitrogens with one attached hydrogen (secondary N) is 1. The van der Waals surface area contributed by atoms with Crippen molar-refractivity contribution in [3.05, 3.63) is 0 Å². The van der Waals surface area contributed by atoms with E-state index in [1.807, 2.05) is 0 Å². The van der Waals surface area contributed by atoms with Crippen LogP contribution in [0.5, 0.6) is 0 Å². The summed E-state index contributed by atoms with van der Waals surface area (Å²) in [5, 5.41) is 3.35. The molecule has 0 aliphatic carbocycles. The van der Waals surface area contributed by atoms with Crippen LogP contribution < -0.4 is 5.32 Å². The second-order valence-corrected chi connectivity index (χ2v) is 3.90. The van der Waals surface area contributed by atoms with Gasteiger partial charge in [-0.15, -0.1) is 0 Å². The van der Waals surface area contributed by atoms with Crippen LogP contribution >= 0.6 is 0 Å². The van der Waals surface area contributed by atoms with Crippen LogP contribution in [0.25, 0.3) is 0 Å². The standard InChI is InChI=1S/C11H24N2O2/c1-14-9-3-11-15-10-2-6-13-7-4-12-5-8-13/h12H,2-11H2,1H3. The molecule has 90 valence electrons. The average molecular weight is 216 g/mol. The van der Waals surface area contributed by atoms with Gasteiger partial charge in [0.25, 0.3) is 0 Å². The fourth-order valence-electron chi connectivity index (χ4n) is 1.73. The van der Waals surface area contributed by atoms with Gasteiger partial charge in [-0.05, 0) is 12.8 Å². The molecule has 0 aromatic heterocycles. The van der Waals surface area contributed by atoms with Gasteiger partial charge < -0.3 is 19.7 Å². The molecule has 0 bridgehead atoms. The van der Waals surface area contributed by atoms with Gasteiger partial charge in [-0.25, -0.2) is 0 Å². The number of hydrogen-bond acceptors (Lipinski definition) is 4. The third-order valence-electron chi connectivity index (χ3n) is 2.61. The lowest BCUT2D eigenvalue weighted by Gasteiger charge is -2.26. The van der Waals surface area contributed by atoms with Crippen LogP contribution in [-0.2, 0) is 9.47 Å². The van der Waals surface area contributed by atoms with Crippen molar-refractivity contribution in [2.45, 2.75) is 12.8 Å². The van der Waals surface area contributed by atoms with E-state index in [-0.39, 0.29) is 0 Å². The lowest BCUT2D eigenvalue weighted by molar-refractivity contribution is 0.0938. The summed E-state index contributed by atoms with van der Waals surface area (Å²) < 4.78 is 10.5. The molecule has 0 saturated carbocycles. The first-order chi connectivity index (χ1) is 7.43. The molecule has 4 nitrogen and oxygen atoms in total. The zero-order chi connectivity index (χ0) is 10.8. The highest BCUT2D eigenvalue weighted by atomic mass is 16.5. The van der Waals surface area contributed by atoms with Crippen molar-refractivity contribution in [2.75, 3.05) is 59.7 Å². The first-order valence-corrected chi connectivity index (χ1v) is 5.93. The number of hydrogen-bond donors (Lipinski definition) is 1. The van der Waals surface area contributed by atoms with Crippen molar-refractivity contribution < 1.29 is 9.47 Å². The Kier molecular flexibility index (Phi) is 7.83. The molecule has 0 aromatic carbocycles. The maximum atomic E-state index is 5.50. The molecule has 0 unspecified atom stereocenters. The lowest BCUT2D eigenvalue weighted by atomic mass is 10.3. The Morgan fingerprint density at radius 2 is 1.80 bits per heavy atom. The Labute approximate surface area is 92.9 Å². The van der Waals surface area contributed by atoms with Gasteiger partial charge in [0.2, 0.25) is 0 Å². The molecular formula is C11H24N2O2. The molecule has 4 heteroatoms. The van der Waals surface area contributed by atoms with Gasteiger partial charge >= 0.3 is 0 Å². The van der Waals surface area contributed by atoms with E-state index in [1.165, 1.54) is 19.6 Å². The summed E-state index contributed by atoms with van der Waals surface area (Å²) in [6.45, 7) is 8.32. The maximum absolute atomic E-state index is 5.50.